The quantitative estimate of drug-likeness (QED) is 0.720. The van der Waals surface area contributed by atoms with Crippen LogP contribution in [0.3, 0.4) is 0 Å². The summed E-state index contributed by atoms with van der Waals surface area (Å²) in [5, 5.41) is 3.22. The zero-order valence-corrected chi connectivity index (χ0v) is 11.8. The maximum atomic E-state index is 12.3. The molecule has 0 saturated heterocycles. The third-order valence-electron chi connectivity index (χ3n) is 4.64. The van der Waals surface area contributed by atoms with E-state index in [1.165, 1.54) is 11.1 Å². The smallest absolute Gasteiger partial charge is 0.223 e. The minimum Gasteiger partial charge on any atom is -0.399 e. The molecule has 0 bridgehead atoms. The van der Waals surface area contributed by atoms with Gasteiger partial charge in [-0.25, -0.2) is 0 Å². The van der Waals surface area contributed by atoms with Crippen LogP contribution >= 0.6 is 0 Å². The summed E-state index contributed by atoms with van der Waals surface area (Å²) in [7, 11) is 0. The predicted molar refractivity (Wildman–Crippen MR) is 80.0 cm³/mol. The van der Waals surface area contributed by atoms with Gasteiger partial charge in [-0.3, -0.25) is 4.79 Å². The van der Waals surface area contributed by atoms with Gasteiger partial charge in [0.25, 0.3) is 0 Å². The fourth-order valence-corrected chi connectivity index (χ4v) is 3.53. The molecular weight excluding hydrogens is 250 g/mol. The highest BCUT2D eigenvalue weighted by Gasteiger charge is 2.30. The van der Waals surface area contributed by atoms with Crippen molar-refractivity contribution in [3.05, 3.63) is 29.3 Å². The van der Waals surface area contributed by atoms with Gasteiger partial charge >= 0.3 is 0 Å². The summed E-state index contributed by atoms with van der Waals surface area (Å²) in [5.41, 5.74) is 15.1. The van der Waals surface area contributed by atoms with E-state index in [9.17, 15) is 4.79 Å². The van der Waals surface area contributed by atoms with Crippen LogP contribution in [0, 0.1) is 5.92 Å². The number of aryl methyl sites for hydroxylation is 1. The van der Waals surface area contributed by atoms with Crippen LogP contribution in [0.4, 0.5) is 5.69 Å². The Morgan fingerprint density at radius 2 is 2.10 bits per heavy atom. The van der Waals surface area contributed by atoms with Crippen molar-refractivity contribution in [3.63, 3.8) is 0 Å². The van der Waals surface area contributed by atoms with Crippen LogP contribution in [0.5, 0.6) is 0 Å². The molecule has 0 radical (unpaired) electrons. The van der Waals surface area contributed by atoms with Gasteiger partial charge in [0, 0.05) is 17.6 Å². The Bertz CT molecular complexity index is 514. The predicted octanol–water partition coefficient (Wildman–Crippen LogP) is 1.89. The van der Waals surface area contributed by atoms with Crippen LogP contribution < -0.4 is 16.8 Å². The first-order valence-corrected chi connectivity index (χ1v) is 7.57. The Morgan fingerprint density at radius 1 is 1.25 bits per heavy atom. The van der Waals surface area contributed by atoms with Gasteiger partial charge in [-0.2, -0.15) is 0 Å². The number of amides is 1. The second kappa shape index (κ2) is 5.44. The van der Waals surface area contributed by atoms with Gasteiger partial charge in [-0.05, 0) is 61.8 Å². The summed E-state index contributed by atoms with van der Waals surface area (Å²) in [4.78, 5) is 12.3. The first-order chi connectivity index (χ1) is 9.63. The maximum absolute atomic E-state index is 12.3. The standard InChI is InChI=1S/C16H23N3O/c17-12-5-4-11(9-12)16(20)19-15-3-1-2-10-8-13(18)6-7-14(10)15/h6-8,11-12,15H,1-5,9,17-18H2,(H,19,20). The lowest BCUT2D eigenvalue weighted by atomic mass is 9.87. The summed E-state index contributed by atoms with van der Waals surface area (Å²) >= 11 is 0. The van der Waals surface area contributed by atoms with E-state index in [-0.39, 0.29) is 23.9 Å². The average Bonchev–Trinajstić information content (AvgIpc) is 2.85. The minimum atomic E-state index is 0.101. The Morgan fingerprint density at radius 3 is 2.85 bits per heavy atom. The zero-order valence-electron chi connectivity index (χ0n) is 11.8. The highest BCUT2D eigenvalue weighted by Crippen LogP contribution is 2.32. The highest BCUT2D eigenvalue weighted by atomic mass is 16.1. The van der Waals surface area contributed by atoms with Crippen LogP contribution in [0.25, 0.3) is 0 Å². The second-order valence-corrected chi connectivity index (χ2v) is 6.18. The molecular formula is C16H23N3O. The number of fused-ring (bicyclic) bond motifs is 1. The number of rotatable bonds is 2. The molecule has 2 aliphatic rings. The topological polar surface area (TPSA) is 81.1 Å². The monoisotopic (exact) mass is 273 g/mol. The summed E-state index contributed by atoms with van der Waals surface area (Å²) in [6, 6.07) is 6.37. The average molecular weight is 273 g/mol. The molecule has 3 atom stereocenters. The maximum Gasteiger partial charge on any atom is 0.223 e. The molecule has 0 aliphatic heterocycles. The molecule has 1 amide bonds. The lowest BCUT2D eigenvalue weighted by Gasteiger charge is -2.27. The number of anilines is 1. The summed E-state index contributed by atoms with van der Waals surface area (Å²) in [6.45, 7) is 0. The molecule has 0 aromatic heterocycles. The SMILES string of the molecule is Nc1ccc2c(c1)CCCC2NC(=O)C1CCC(N)C1. The lowest BCUT2D eigenvalue weighted by molar-refractivity contribution is -0.125. The molecule has 2 aliphatic carbocycles. The molecule has 4 heteroatoms. The Hall–Kier alpha value is -1.55. The summed E-state index contributed by atoms with van der Waals surface area (Å²) < 4.78 is 0. The Labute approximate surface area is 119 Å². The van der Waals surface area contributed by atoms with Crippen molar-refractivity contribution >= 4 is 11.6 Å². The first-order valence-electron chi connectivity index (χ1n) is 7.57. The van der Waals surface area contributed by atoms with Gasteiger partial charge in [0.05, 0.1) is 6.04 Å². The highest BCUT2D eigenvalue weighted by molar-refractivity contribution is 5.79. The van der Waals surface area contributed by atoms with Gasteiger partial charge in [0.1, 0.15) is 0 Å². The van der Waals surface area contributed by atoms with E-state index in [1.807, 2.05) is 12.1 Å². The van der Waals surface area contributed by atoms with E-state index in [1.54, 1.807) is 0 Å². The summed E-state index contributed by atoms with van der Waals surface area (Å²) in [5.74, 6) is 0.275. The van der Waals surface area contributed by atoms with Crippen LogP contribution in [0.15, 0.2) is 18.2 Å². The molecule has 1 aromatic carbocycles. The van der Waals surface area contributed by atoms with Gasteiger partial charge in [-0.1, -0.05) is 6.07 Å². The van der Waals surface area contributed by atoms with Crippen molar-refractivity contribution in [3.8, 4) is 0 Å². The fraction of sp³-hybridized carbons (Fsp3) is 0.562. The van der Waals surface area contributed by atoms with Crippen LogP contribution in [0.2, 0.25) is 0 Å². The van der Waals surface area contributed by atoms with E-state index >= 15 is 0 Å². The van der Waals surface area contributed by atoms with Crippen LogP contribution in [-0.4, -0.2) is 11.9 Å². The zero-order chi connectivity index (χ0) is 14.1. The summed E-state index contributed by atoms with van der Waals surface area (Å²) in [6.07, 6.45) is 5.89. The van der Waals surface area contributed by atoms with E-state index in [0.29, 0.717) is 0 Å². The van der Waals surface area contributed by atoms with Crippen molar-refractivity contribution in [1.29, 1.82) is 0 Å². The molecule has 108 valence electrons. The normalized spacial score (nSPS) is 28.9. The van der Waals surface area contributed by atoms with Gasteiger partial charge < -0.3 is 16.8 Å². The van der Waals surface area contributed by atoms with E-state index in [4.69, 9.17) is 11.5 Å². The van der Waals surface area contributed by atoms with Gasteiger partial charge in [0.2, 0.25) is 5.91 Å². The Balaban J connectivity index is 1.71. The van der Waals surface area contributed by atoms with Crippen molar-refractivity contribution in [1.82, 2.24) is 5.32 Å². The number of carbonyl (C=O) groups excluding carboxylic acids is 1. The number of nitrogens with two attached hydrogens (primary N) is 2. The van der Waals surface area contributed by atoms with E-state index < -0.39 is 0 Å². The third kappa shape index (κ3) is 2.66. The second-order valence-electron chi connectivity index (χ2n) is 6.18. The Kier molecular flexibility index (Phi) is 3.66. The van der Waals surface area contributed by atoms with Crippen LogP contribution in [0.1, 0.15) is 49.3 Å². The van der Waals surface area contributed by atoms with Gasteiger partial charge in [0.15, 0.2) is 0 Å². The molecule has 3 unspecified atom stereocenters. The molecule has 0 spiro atoms. The number of hydrogen-bond acceptors (Lipinski definition) is 3. The van der Waals surface area contributed by atoms with E-state index in [2.05, 4.69) is 11.4 Å². The third-order valence-corrected chi connectivity index (χ3v) is 4.64. The molecule has 1 saturated carbocycles. The minimum absolute atomic E-state index is 0.101. The molecule has 3 rings (SSSR count). The lowest BCUT2D eigenvalue weighted by Crippen LogP contribution is -2.35. The molecule has 20 heavy (non-hydrogen) atoms. The largest absolute Gasteiger partial charge is 0.399 e. The number of hydrogen-bond donors (Lipinski definition) is 3. The molecule has 4 nitrogen and oxygen atoms in total. The number of nitrogens with one attached hydrogen (secondary N) is 1. The van der Waals surface area contributed by atoms with Crippen molar-refractivity contribution in [2.45, 2.75) is 50.6 Å². The van der Waals surface area contributed by atoms with E-state index in [0.717, 1.165) is 44.2 Å². The number of nitrogen functional groups attached to an aromatic ring is 1. The molecule has 0 heterocycles. The molecule has 5 N–H and O–H groups in total. The van der Waals surface area contributed by atoms with Crippen molar-refractivity contribution in [2.24, 2.45) is 11.7 Å². The number of carbonyl (C=O) groups is 1. The molecule has 1 aromatic rings. The van der Waals surface area contributed by atoms with Gasteiger partial charge in [-0.15, -0.1) is 0 Å². The molecule has 1 fully saturated rings. The number of benzene rings is 1. The van der Waals surface area contributed by atoms with Crippen LogP contribution in [-0.2, 0) is 11.2 Å². The fourth-order valence-electron chi connectivity index (χ4n) is 3.53. The van der Waals surface area contributed by atoms with Crippen molar-refractivity contribution < 1.29 is 4.79 Å². The van der Waals surface area contributed by atoms with Crippen molar-refractivity contribution in [2.75, 3.05) is 5.73 Å². The first kappa shape index (κ1) is 13.4.